The summed E-state index contributed by atoms with van der Waals surface area (Å²) >= 11 is 0. The highest BCUT2D eigenvalue weighted by Gasteiger charge is 2.47. The van der Waals surface area contributed by atoms with E-state index < -0.39 is 5.97 Å². The molecular formula is C13H14O4. The SMILES string of the molecule is COc1ccc(C=O)c(C2(CC(=O)O)CC2)c1. The molecule has 0 heterocycles. The van der Waals surface area contributed by atoms with Crippen molar-refractivity contribution in [2.75, 3.05) is 7.11 Å². The summed E-state index contributed by atoms with van der Waals surface area (Å²) < 4.78 is 5.12. The Balaban J connectivity index is 2.42. The Labute approximate surface area is 99.2 Å². The van der Waals surface area contributed by atoms with Gasteiger partial charge in [0, 0.05) is 11.0 Å². The van der Waals surface area contributed by atoms with Crippen LogP contribution in [0.4, 0.5) is 0 Å². The number of aliphatic carboxylic acids is 1. The lowest BCUT2D eigenvalue weighted by molar-refractivity contribution is -0.137. The number of aldehydes is 1. The second-order valence-corrected chi connectivity index (χ2v) is 4.42. The third-order valence-electron chi connectivity index (χ3n) is 3.30. The highest BCUT2D eigenvalue weighted by molar-refractivity contribution is 5.80. The highest BCUT2D eigenvalue weighted by atomic mass is 16.5. The van der Waals surface area contributed by atoms with Crippen molar-refractivity contribution >= 4 is 12.3 Å². The number of rotatable bonds is 5. The van der Waals surface area contributed by atoms with E-state index in [1.54, 1.807) is 25.3 Å². The van der Waals surface area contributed by atoms with Gasteiger partial charge in [-0.25, -0.2) is 0 Å². The van der Waals surface area contributed by atoms with Crippen LogP contribution >= 0.6 is 0 Å². The fourth-order valence-electron chi connectivity index (χ4n) is 2.21. The number of carboxylic acid groups (broad SMARTS) is 1. The highest BCUT2D eigenvalue weighted by Crippen LogP contribution is 2.52. The molecule has 0 saturated heterocycles. The zero-order valence-corrected chi connectivity index (χ0v) is 9.60. The van der Waals surface area contributed by atoms with Crippen molar-refractivity contribution in [3.05, 3.63) is 29.3 Å². The summed E-state index contributed by atoms with van der Waals surface area (Å²) in [5.74, 6) is -0.176. The van der Waals surface area contributed by atoms with Gasteiger partial charge in [-0.15, -0.1) is 0 Å². The minimum Gasteiger partial charge on any atom is -0.497 e. The molecule has 1 N–H and O–H groups in total. The van der Waals surface area contributed by atoms with E-state index in [0.717, 1.165) is 24.7 Å². The van der Waals surface area contributed by atoms with Gasteiger partial charge in [0.2, 0.25) is 0 Å². The molecule has 17 heavy (non-hydrogen) atoms. The molecule has 0 unspecified atom stereocenters. The van der Waals surface area contributed by atoms with Gasteiger partial charge in [0.25, 0.3) is 0 Å². The number of carboxylic acids is 1. The molecule has 4 heteroatoms. The van der Waals surface area contributed by atoms with Crippen LogP contribution in [0.2, 0.25) is 0 Å². The Kier molecular flexibility index (Phi) is 2.88. The molecule has 0 radical (unpaired) electrons. The van der Waals surface area contributed by atoms with E-state index in [1.165, 1.54) is 0 Å². The molecule has 1 aromatic rings. The molecule has 1 aliphatic carbocycles. The van der Waals surface area contributed by atoms with E-state index in [1.807, 2.05) is 0 Å². The van der Waals surface area contributed by atoms with Gasteiger partial charge in [0.05, 0.1) is 13.5 Å². The third-order valence-corrected chi connectivity index (χ3v) is 3.30. The molecule has 4 nitrogen and oxygen atoms in total. The fourth-order valence-corrected chi connectivity index (χ4v) is 2.21. The lowest BCUT2D eigenvalue weighted by atomic mass is 9.88. The van der Waals surface area contributed by atoms with Crippen molar-refractivity contribution in [2.24, 2.45) is 0 Å². The Hall–Kier alpha value is -1.84. The fraction of sp³-hybridized carbons (Fsp3) is 0.385. The van der Waals surface area contributed by atoms with Crippen molar-refractivity contribution in [2.45, 2.75) is 24.7 Å². The predicted molar refractivity (Wildman–Crippen MR) is 61.5 cm³/mol. The van der Waals surface area contributed by atoms with Gasteiger partial charge in [-0.05, 0) is 36.6 Å². The Bertz CT molecular complexity index is 460. The van der Waals surface area contributed by atoms with Gasteiger partial charge in [0.15, 0.2) is 0 Å². The van der Waals surface area contributed by atoms with Crippen molar-refractivity contribution in [3.8, 4) is 5.75 Å². The first-order valence-corrected chi connectivity index (χ1v) is 5.47. The zero-order chi connectivity index (χ0) is 12.5. The first kappa shape index (κ1) is 11.6. The normalized spacial score (nSPS) is 16.3. The van der Waals surface area contributed by atoms with Crippen LogP contribution in [0.25, 0.3) is 0 Å². The van der Waals surface area contributed by atoms with Crippen LogP contribution in [0, 0.1) is 0 Å². The van der Waals surface area contributed by atoms with Crippen LogP contribution in [-0.4, -0.2) is 24.5 Å². The Morgan fingerprint density at radius 2 is 2.24 bits per heavy atom. The summed E-state index contributed by atoms with van der Waals surface area (Å²) in [5, 5.41) is 8.92. The summed E-state index contributed by atoms with van der Waals surface area (Å²) in [4.78, 5) is 21.9. The molecule has 0 spiro atoms. The predicted octanol–water partition coefficient (Wildman–Crippen LogP) is 2.01. The molecule has 90 valence electrons. The Morgan fingerprint density at radius 3 is 2.71 bits per heavy atom. The van der Waals surface area contributed by atoms with E-state index in [-0.39, 0.29) is 11.8 Å². The van der Waals surface area contributed by atoms with Gasteiger partial charge < -0.3 is 9.84 Å². The molecule has 2 rings (SSSR count). The Morgan fingerprint density at radius 1 is 1.53 bits per heavy atom. The minimum absolute atomic E-state index is 0.0704. The largest absolute Gasteiger partial charge is 0.497 e. The molecular weight excluding hydrogens is 220 g/mol. The maximum Gasteiger partial charge on any atom is 0.304 e. The van der Waals surface area contributed by atoms with Gasteiger partial charge in [-0.3, -0.25) is 9.59 Å². The number of carbonyl (C=O) groups excluding carboxylic acids is 1. The summed E-state index contributed by atoms with van der Waals surface area (Å²) in [5.41, 5.74) is 0.996. The monoisotopic (exact) mass is 234 g/mol. The second kappa shape index (κ2) is 4.20. The van der Waals surface area contributed by atoms with E-state index in [9.17, 15) is 9.59 Å². The van der Waals surface area contributed by atoms with Crippen molar-refractivity contribution in [1.82, 2.24) is 0 Å². The molecule has 1 aliphatic rings. The average Bonchev–Trinajstić information content (AvgIpc) is 3.08. The van der Waals surface area contributed by atoms with E-state index in [4.69, 9.17) is 9.84 Å². The lowest BCUT2D eigenvalue weighted by Crippen LogP contribution is -2.15. The van der Waals surface area contributed by atoms with Crippen LogP contribution < -0.4 is 4.74 Å². The van der Waals surface area contributed by atoms with Gasteiger partial charge >= 0.3 is 5.97 Å². The summed E-state index contributed by atoms with van der Waals surface area (Å²) in [6.07, 6.45) is 2.47. The van der Waals surface area contributed by atoms with Crippen molar-refractivity contribution < 1.29 is 19.4 Å². The van der Waals surface area contributed by atoms with Gasteiger partial charge in [-0.1, -0.05) is 0 Å². The molecule has 0 bridgehead atoms. The second-order valence-electron chi connectivity index (χ2n) is 4.42. The third kappa shape index (κ3) is 2.16. The van der Waals surface area contributed by atoms with Crippen LogP contribution in [-0.2, 0) is 10.2 Å². The van der Waals surface area contributed by atoms with E-state index in [0.29, 0.717) is 11.3 Å². The molecule has 1 saturated carbocycles. The van der Waals surface area contributed by atoms with Crippen LogP contribution in [0.15, 0.2) is 18.2 Å². The minimum atomic E-state index is -0.831. The smallest absolute Gasteiger partial charge is 0.304 e. The van der Waals surface area contributed by atoms with Gasteiger partial charge in [0.1, 0.15) is 12.0 Å². The van der Waals surface area contributed by atoms with Crippen LogP contribution in [0.3, 0.4) is 0 Å². The molecule has 0 aromatic heterocycles. The maximum atomic E-state index is 11.0. The number of hydrogen-bond donors (Lipinski definition) is 1. The number of carbonyl (C=O) groups is 2. The van der Waals surface area contributed by atoms with Crippen LogP contribution in [0.1, 0.15) is 35.2 Å². The van der Waals surface area contributed by atoms with Crippen molar-refractivity contribution in [1.29, 1.82) is 0 Å². The molecule has 0 atom stereocenters. The standard InChI is InChI=1S/C13H14O4/c1-17-10-3-2-9(8-14)11(6-10)13(4-5-13)7-12(15)16/h2-3,6,8H,4-5,7H2,1H3,(H,15,16). The summed E-state index contributed by atoms with van der Waals surface area (Å²) in [7, 11) is 1.55. The van der Waals surface area contributed by atoms with Crippen molar-refractivity contribution in [3.63, 3.8) is 0 Å². The summed E-state index contributed by atoms with van der Waals surface area (Å²) in [6, 6.07) is 5.17. The zero-order valence-electron chi connectivity index (χ0n) is 9.60. The van der Waals surface area contributed by atoms with Gasteiger partial charge in [-0.2, -0.15) is 0 Å². The quantitative estimate of drug-likeness (QED) is 0.791. The average molecular weight is 234 g/mol. The molecule has 1 aromatic carbocycles. The number of benzene rings is 1. The topological polar surface area (TPSA) is 63.6 Å². The lowest BCUT2D eigenvalue weighted by Gasteiger charge is -2.16. The molecule has 0 amide bonds. The molecule has 1 fully saturated rings. The van der Waals surface area contributed by atoms with E-state index in [2.05, 4.69) is 0 Å². The van der Waals surface area contributed by atoms with E-state index >= 15 is 0 Å². The first-order chi connectivity index (χ1) is 8.11. The number of ether oxygens (including phenoxy) is 1. The number of methoxy groups -OCH3 is 1. The summed E-state index contributed by atoms with van der Waals surface area (Å²) in [6.45, 7) is 0. The molecule has 0 aliphatic heterocycles. The maximum absolute atomic E-state index is 11.0. The first-order valence-electron chi connectivity index (χ1n) is 5.47. The van der Waals surface area contributed by atoms with Crippen LogP contribution in [0.5, 0.6) is 5.75 Å². The number of hydrogen-bond acceptors (Lipinski definition) is 3.